The van der Waals surface area contributed by atoms with Crippen molar-refractivity contribution in [2.24, 2.45) is 0 Å². The molecule has 1 amide bonds. The molecule has 2 nitrogen and oxygen atoms in total. The summed E-state index contributed by atoms with van der Waals surface area (Å²) in [6.07, 6.45) is 2.67. The third-order valence-corrected chi connectivity index (χ3v) is 4.24. The molecule has 0 spiro atoms. The van der Waals surface area contributed by atoms with Crippen molar-refractivity contribution in [2.45, 2.75) is 11.8 Å². The molecule has 0 aromatic carbocycles. The molecule has 0 N–H and O–H groups in total. The fraction of sp³-hybridized carbons (Fsp3) is 0.500. The van der Waals surface area contributed by atoms with Gasteiger partial charge < -0.3 is 4.90 Å². The average Bonchev–Trinajstić information content (AvgIpc) is 1.91. The van der Waals surface area contributed by atoms with Crippen molar-refractivity contribution in [3.05, 3.63) is 11.5 Å². The highest BCUT2D eigenvalue weighted by atomic mass is 32.8. The zero-order valence-electron chi connectivity index (χ0n) is 5.32. The average molecular weight is 173 g/mol. The molecule has 10 heavy (non-hydrogen) atoms. The van der Waals surface area contributed by atoms with Gasteiger partial charge in [0.25, 0.3) is 0 Å². The quantitative estimate of drug-likeness (QED) is 0.486. The molecule has 2 atom stereocenters. The fourth-order valence-electron chi connectivity index (χ4n) is 1.19. The van der Waals surface area contributed by atoms with Crippen molar-refractivity contribution in [1.82, 2.24) is 4.90 Å². The molecule has 1 fully saturated rings. The summed E-state index contributed by atoms with van der Waals surface area (Å²) in [5, 5.41) is 2.41. The number of hydrogen-bond acceptors (Lipinski definition) is 2. The van der Waals surface area contributed by atoms with Crippen LogP contribution < -0.4 is 0 Å². The van der Waals surface area contributed by atoms with Gasteiger partial charge in [-0.15, -0.1) is 0 Å². The number of β-lactam (4-membered cyclic amide) rings is 1. The molecule has 2 aliphatic heterocycles. The van der Waals surface area contributed by atoms with Crippen LogP contribution in [0.1, 0.15) is 6.42 Å². The van der Waals surface area contributed by atoms with Gasteiger partial charge in [0.2, 0.25) is 5.91 Å². The lowest BCUT2D eigenvalue weighted by molar-refractivity contribution is -0.140. The highest BCUT2D eigenvalue weighted by Crippen LogP contribution is 2.25. The van der Waals surface area contributed by atoms with Gasteiger partial charge in [0.1, 0.15) is 0 Å². The molecule has 2 aliphatic rings. The summed E-state index contributed by atoms with van der Waals surface area (Å²) < 4.78 is 0. The highest BCUT2D eigenvalue weighted by molar-refractivity contribution is 8.30. The summed E-state index contributed by atoms with van der Waals surface area (Å²) in [4.78, 5) is 12.7. The minimum atomic E-state index is -0.0911. The Morgan fingerprint density at radius 2 is 2.60 bits per heavy atom. The summed E-state index contributed by atoms with van der Waals surface area (Å²) >= 11 is 5.14. The number of amides is 1. The van der Waals surface area contributed by atoms with E-state index in [9.17, 15) is 4.79 Å². The van der Waals surface area contributed by atoms with Crippen molar-refractivity contribution in [3.63, 3.8) is 0 Å². The third-order valence-electron chi connectivity index (χ3n) is 1.82. The van der Waals surface area contributed by atoms with Crippen LogP contribution in [0.15, 0.2) is 11.5 Å². The summed E-state index contributed by atoms with van der Waals surface area (Å²) in [5.74, 6) is 0.261. The first kappa shape index (κ1) is 6.49. The number of carbonyl (C=O) groups is 1. The standard InChI is InChI=1S/C6H7NOS2/c8-5-4-6-7(5)2-1-3-10(6)9/h1,3,6H,2,4H2/t6-,10?/m1/s1. The van der Waals surface area contributed by atoms with Crippen molar-refractivity contribution in [1.29, 1.82) is 0 Å². The largest absolute Gasteiger partial charge is 0.326 e. The molecule has 54 valence electrons. The number of fused-ring (bicyclic) bond motifs is 1. The van der Waals surface area contributed by atoms with Crippen LogP contribution in [-0.2, 0) is 25.4 Å². The first-order valence-corrected chi connectivity index (χ1v) is 5.42. The molecule has 0 aromatic heterocycles. The molecule has 0 radical (unpaired) electrons. The van der Waals surface area contributed by atoms with Crippen LogP contribution in [0, 0.1) is 0 Å². The maximum Gasteiger partial charge on any atom is 0.226 e. The van der Waals surface area contributed by atoms with Crippen LogP contribution in [0.5, 0.6) is 0 Å². The molecule has 2 rings (SSSR count). The Morgan fingerprint density at radius 3 is 3.20 bits per heavy atom. The van der Waals surface area contributed by atoms with Gasteiger partial charge in [-0.2, -0.15) is 0 Å². The van der Waals surface area contributed by atoms with Crippen LogP contribution >= 0.6 is 0 Å². The molecular weight excluding hydrogens is 166 g/mol. The second kappa shape index (κ2) is 2.13. The SMILES string of the molecule is O=C1C[C@@H]2N1CC=CS2=S. The molecule has 0 saturated carbocycles. The molecule has 4 heteroatoms. The topological polar surface area (TPSA) is 20.3 Å². The van der Waals surface area contributed by atoms with Crippen LogP contribution in [0.4, 0.5) is 0 Å². The van der Waals surface area contributed by atoms with Crippen LogP contribution in [0.2, 0.25) is 0 Å². The smallest absolute Gasteiger partial charge is 0.226 e. The number of nitrogens with zero attached hydrogens (tertiary/aromatic N) is 1. The second-order valence-corrected chi connectivity index (χ2v) is 5.03. The van der Waals surface area contributed by atoms with E-state index in [1.54, 1.807) is 0 Å². The minimum absolute atomic E-state index is 0.0911. The maximum atomic E-state index is 10.9. The normalized spacial score (nSPS) is 37.2. The molecular formula is C6H7NOS2. The second-order valence-electron chi connectivity index (χ2n) is 2.41. The van der Waals surface area contributed by atoms with Gasteiger partial charge in [-0.1, -0.05) is 15.5 Å². The van der Waals surface area contributed by atoms with E-state index in [1.807, 2.05) is 16.4 Å². The van der Waals surface area contributed by atoms with Gasteiger partial charge in [-0.3, -0.25) is 4.79 Å². The van der Waals surface area contributed by atoms with Gasteiger partial charge in [0.15, 0.2) is 0 Å². The Kier molecular flexibility index (Phi) is 1.38. The molecule has 0 aliphatic carbocycles. The summed E-state index contributed by atoms with van der Waals surface area (Å²) in [6.45, 7) is 0.781. The third kappa shape index (κ3) is 0.754. The molecule has 2 heterocycles. The fourth-order valence-corrected chi connectivity index (χ4v) is 3.16. The first-order chi connectivity index (χ1) is 4.79. The lowest BCUT2D eigenvalue weighted by Gasteiger charge is -2.41. The van der Waals surface area contributed by atoms with Gasteiger partial charge in [-0.25, -0.2) is 0 Å². The Labute approximate surface area is 66.5 Å². The van der Waals surface area contributed by atoms with E-state index in [2.05, 4.69) is 0 Å². The van der Waals surface area contributed by atoms with Crippen molar-refractivity contribution >= 4 is 26.5 Å². The summed E-state index contributed by atoms with van der Waals surface area (Å²) in [5.41, 5.74) is 0. The van der Waals surface area contributed by atoms with Gasteiger partial charge in [0, 0.05) is 6.54 Å². The number of rotatable bonds is 0. The Bertz CT molecular complexity index is 236. The molecule has 0 aromatic rings. The predicted octanol–water partition coefficient (Wildman–Crippen LogP) is 0.152. The minimum Gasteiger partial charge on any atom is -0.326 e. The highest BCUT2D eigenvalue weighted by Gasteiger charge is 2.38. The van der Waals surface area contributed by atoms with Gasteiger partial charge in [0.05, 0.1) is 11.8 Å². The van der Waals surface area contributed by atoms with Crippen LogP contribution in [0.3, 0.4) is 0 Å². The molecule has 1 unspecified atom stereocenters. The molecule has 1 saturated heterocycles. The zero-order valence-corrected chi connectivity index (χ0v) is 6.95. The number of hydrogen-bond donors (Lipinski definition) is 0. The van der Waals surface area contributed by atoms with E-state index in [1.165, 1.54) is 0 Å². The summed E-state index contributed by atoms with van der Waals surface area (Å²) in [7, 11) is -0.0911. The van der Waals surface area contributed by atoms with Crippen LogP contribution in [0.25, 0.3) is 0 Å². The van der Waals surface area contributed by atoms with E-state index in [-0.39, 0.29) is 15.4 Å². The van der Waals surface area contributed by atoms with E-state index in [4.69, 9.17) is 11.2 Å². The monoisotopic (exact) mass is 173 g/mol. The first-order valence-electron chi connectivity index (χ1n) is 3.14. The van der Waals surface area contributed by atoms with E-state index in [0.29, 0.717) is 11.8 Å². The van der Waals surface area contributed by atoms with E-state index in [0.717, 1.165) is 6.54 Å². The van der Waals surface area contributed by atoms with Gasteiger partial charge in [-0.05, 0) is 16.6 Å². The lowest BCUT2D eigenvalue weighted by atomic mass is 10.2. The zero-order chi connectivity index (χ0) is 7.14. The van der Waals surface area contributed by atoms with Crippen LogP contribution in [-0.4, -0.2) is 22.7 Å². The number of carbonyl (C=O) groups excluding carboxylic acids is 1. The Balaban J connectivity index is 2.24. The Morgan fingerprint density at radius 1 is 1.80 bits per heavy atom. The summed E-state index contributed by atoms with van der Waals surface area (Å²) in [6, 6.07) is 0. The van der Waals surface area contributed by atoms with Crippen molar-refractivity contribution in [2.75, 3.05) is 6.54 Å². The predicted molar refractivity (Wildman–Crippen MR) is 44.0 cm³/mol. The Hall–Kier alpha value is -0.220. The van der Waals surface area contributed by atoms with E-state index < -0.39 is 0 Å². The van der Waals surface area contributed by atoms with E-state index >= 15 is 0 Å². The van der Waals surface area contributed by atoms with Crippen molar-refractivity contribution < 1.29 is 4.79 Å². The van der Waals surface area contributed by atoms with Crippen molar-refractivity contribution in [3.8, 4) is 0 Å². The maximum absolute atomic E-state index is 10.9. The molecule has 0 bridgehead atoms. The lowest BCUT2D eigenvalue weighted by Crippen LogP contribution is -2.55. The van der Waals surface area contributed by atoms with Gasteiger partial charge >= 0.3 is 0 Å².